The summed E-state index contributed by atoms with van der Waals surface area (Å²) in [5, 5.41) is 22.2. The van der Waals surface area contributed by atoms with Crippen LogP contribution in [0.2, 0.25) is 0 Å². The molecule has 2 aromatic carbocycles. The topological polar surface area (TPSA) is 69.3 Å². The number of rotatable bonds is 9. The molecule has 7 heteroatoms. The first-order chi connectivity index (χ1) is 15.1. The first-order valence-corrected chi connectivity index (χ1v) is 12.1. The van der Waals surface area contributed by atoms with Crippen molar-refractivity contribution in [2.24, 2.45) is 15.2 Å². The first-order valence-electron chi connectivity index (χ1n) is 10.5. The Bertz CT molecular complexity index is 997. The molecule has 0 aliphatic heterocycles. The summed E-state index contributed by atoms with van der Waals surface area (Å²) in [6, 6.07) is 13.1. The maximum absolute atomic E-state index is 10.1. The Morgan fingerprint density at radius 3 is 2.61 bits per heavy atom. The molecule has 0 bridgehead atoms. The van der Waals surface area contributed by atoms with Crippen molar-refractivity contribution in [1.82, 2.24) is 5.32 Å². The van der Waals surface area contributed by atoms with Crippen LogP contribution in [0.1, 0.15) is 37.3 Å². The van der Waals surface area contributed by atoms with Gasteiger partial charge < -0.3 is 10.4 Å². The van der Waals surface area contributed by atoms with Crippen molar-refractivity contribution in [3.63, 3.8) is 0 Å². The van der Waals surface area contributed by atoms with Crippen molar-refractivity contribution in [3.05, 3.63) is 64.9 Å². The SMILES string of the molecule is CCc1ccc(N=Nc2ccc(O)c(C=NCCNC3=C(C(=S)SC)CCC3)c2)cc1. The third-order valence-electron chi connectivity index (χ3n) is 5.10. The number of thiocarbonyl (C=S) groups is 1. The Morgan fingerprint density at radius 1 is 1.13 bits per heavy atom. The largest absolute Gasteiger partial charge is 0.507 e. The van der Waals surface area contributed by atoms with Gasteiger partial charge in [-0.05, 0) is 73.4 Å². The lowest BCUT2D eigenvalue weighted by atomic mass is 10.2. The van der Waals surface area contributed by atoms with Crippen LogP contribution in [0.3, 0.4) is 0 Å². The Labute approximate surface area is 193 Å². The zero-order valence-electron chi connectivity index (χ0n) is 18.0. The Hall–Kier alpha value is -2.51. The van der Waals surface area contributed by atoms with Crippen molar-refractivity contribution in [2.75, 3.05) is 19.3 Å². The number of aromatic hydroxyl groups is 1. The van der Waals surface area contributed by atoms with E-state index in [0.29, 0.717) is 17.8 Å². The van der Waals surface area contributed by atoms with E-state index in [9.17, 15) is 5.11 Å². The maximum atomic E-state index is 10.1. The van der Waals surface area contributed by atoms with Crippen LogP contribution in [0.5, 0.6) is 5.75 Å². The summed E-state index contributed by atoms with van der Waals surface area (Å²) in [6.45, 7) is 3.47. The lowest BCUT2D eigenvalue weighted by molar-refractivity contribution is 0.474. The van der Waals surface area contributed by atoms with Gasteiger partial charge in [0, 0.05) is 24.0 Å². The second kappa shape index (κ2) is 11.8. The van der Waals surface area contributed by atoms with Gasteiger partial charge in [-0.15, -0.1) is 11.8 Å². The van der Waals surface area contributed by atoms with Gasteiger partial charge in [0.15, 0.2) is 0 Å². The van der Waals surface area contributed by atoms with E-state index in [0.717, 1.165) is 42.1 Å². The molecule has 2 N–H and O–H groups in total. The van der Waals surface area contributed by atoms with Crippen molar-refractivity contribution < 1.29 is 5.11 Å². The molecule has 1 aliphatic carbocycles. The second-order valence-corrected chi connectivity index (χ2v) is 8.71. The van der Waals surface area contributed by atoms with E-state index in [1.807, 2.05) is 18.4 Å². The summed E-state index contributed by atoms with van der Waals surface area (Å²) in [5.41, 5.74) is 5.90. The number of aryl methyl sites for hydroxylation is 1. The van der Waals surface area contributed by atoms with E-state index in [-0.39, 0.29) is 5.75 Å². The molecule has 0 unspecified atom stereocenters. The monoisotopic (exact) mass is 452 g/mol. The molecule has 0 fully saturated rings. The van der Waals surface area contributed by atoms with E-state index in [1.54, 1.807) is 36.2 Å². The Balaban J connectivity index is 1.57. The van der Waals surface area contributed by atoms with Gasteiger partial charge in [0.05, 0.1) is 22.1 Å². The fourth-order valence-corrected chi connectivity index (χ4v) is 4.04. The highest BCUT2D eigenvalue weighted by Gasteiger charge is 2.17. The molecule has 0 radical (unpaired) electrons. The number of nitrogens with zero attached hydrogens (tertiary/aromatic N) is 3. The minimum absolute atomic E-state index is 0.175. The molecule has 3 rings (SSSR count). The summed E-state index contributed by atoms with van der Waals surface area (Å²) in [6.07, 6.45) is 7.97. The summed E-state index contributed by atoms with van der Waals surface area (Å²) in [5.74, 6) is 0.175. The van der Waals surface area contributed by atoms with Gasteiger partial charge in [-0.1, -0.05) is 31.3 Å². The number of nitrogens with one attached hydrogen (secondary N) is 1. The van der Waals surface area contributed by atoms with Gasteiger partial charge in [0.1, 0.15) is 5.75 Å². The van der Waals surface area contributed by atoms with Crippen molar-refractivity contribution >= 4 is 45.8 Å². The van der Waals surface area contributed by atoms with E-state index < -0.39 is 0 Å². The summed E-state index contributed by atoms with van der Waals surface area (Å²) >= 11 is 7.07. The predicted octanol–water partition coefficient (Wildman–Crippen LogP) is 6.51. The van der Waals surface area contributed by atoms with Gasteiger partial charge in [-0.25, -0.2) is 0 Å². The molecule has 31 heavy (non-hydrogen) atoms. The normalized spacial score (nSPS) is 14.1. The van der Waals surface area contributed by atoms with Crippen LogP contribution >= 0.6 is 24.0 Å². The van der Waals surface area contributed by atoms with Crippen LogP contribution in [-0.4, -0.2) is 34.9 Å². The van der Waals surface area contributed by atoms with E-state index in [4.69, 9.17) is 12.2 Å². The second-order valence-electron chi connectivity index (χ2n) is 7.23. The van der Waals surface area contributed by atoms with E-state index >= 15 is 0 Å². The first kappa shape index (κ1) is 23.2. The molecule has 0 saturated heterocycles. The molecule has 2 aromatic rings. The van der Waals surface area contributed by atoms with Crippen LogP contribution in [0, 0.1) is 0 Å². The van der Waals surface area contributed by atoms with Gasteiger partial charge >= 0.3 is 0 Å². The number of phenolic OH excluding ortho intramolecular Hbond substituents is 1. The van der Waals surface area contributed by atoms with Gasteiger partial charge in [-0.3, -0.25) is 4.99 Å². The lowest BCUT2D eigenvalue weighted by Gasteiger charge is -2.09. The quantitative estimate of drug-likeness (QED) is 0.197. The van der Waals surface area contributed by atoms with Crippen molar-refractivity contribution in [2.45, 2.75) is 32.6 Å². The van der Waals surface area contributed by atoms with E-state index in [2.05, 4.69) is 39.6 Å². The molecular formula is C24H28N4OS2. The molecule has 0 spiro atoms. The third kappa shape index (κ3) is 6.74. The van der Waals surface area contributed by atoms with Crippen LogP contribution in [0.25, 0.3) is 0 Å². The Morgan fingerprint density at radius 2 is 1.87 bits per heavy atom. The molecule has 1 aliphatic rings. The summed E-state index contributed by atoms with van der Waals surface area (Å²) < 4.78 is 0.987. The predicted molar refractivity (Wildman–Crippen MR) is 136 cm³/mol. The minimum atomic E-state index is 0.175. The number of hydrogen-bond acceptors (Lipinski definition) is 7. The smallest absolute Gasteiger partial charge is 0.124 e. The fourth-order valence-electron chi connectivity index (χ4n) is 3.34. The number of benzene rings is 2. The summed E-state index contributed by atoms with van der Waals surface area (Å²) in [7, 11) is 0. The number of hydrogen-bond donors (Lipinski definition) is 2. The van der Waals surface area contributed by atoms with Crippen LogP contribution in [0.4, 0.5) is 11.4 Å². The van der Waals surface area contributed by atoms with Gasteiger partial charge in [-0.2, -0.15) is 10.2 Å². The number of aliphatic imine (C=N–C) groups is 1. The minimum Gasteiger partial charge on any atom is -0.507 e. The number of phenols is 1. The van der Waals surface area contributed by atoms with Gasteiger partial charge in [0.2, 0.25) is 0 Å². The van der Waals surface area contributed by atoms with Crippen LogP contribution in [0.15, 0.2) is 69.0 Å². The molecule has 0 heterocycles. The number of azo groups is 1. The van der Waals surface area contributed by atoms with Crippen LogP contribution in [-0.2, 0) is 6.42 Å². The number of thioether (sulfide) groups is 1. The van der Waals surface area contributed by atoms with Gasteiger partial charge in [0.25, 0.3) is 0 Å². The highest BCUT2D eigenvalue weighted by atomic mass is 32.2. The molecule has 5 nitrogen and oxygen atoms in total. The number of allylic oxidation sites excluding steroid dienone is 1. The molecular weight excluding hydrogens is 424 g/mol. The van der Waals surface area contributed by atoms with Crippen molar-refractivity contribution in [1.29, 1.82) is 0 Å². The fraction of sp³-hybridized carbons (Fsp3) is 0.333. The zero-order chi connectivity index (χ0) is 22.1. The third-order valence-corrected chi connectivity index (χ3v) is 6.46. The summed E-state index contributed by atoms with van der Waals surface area (Å²) in [4.78, 5) is 4.45. The molecule has 0 amide bonds. The van der Waals surface area contributed by atoms with E-state index in [1.165, 1.54) is 16.8 Å². The van der Waals surface area contributed by atoms with Crippen molar-refractivity contribution in [3.8, 4) is 5.75 Å². The zero-order valence-corrected chi connectivity index (χ0v) is 19.6. The lowest BCUT2D eigenvalue weighted by Crippen LogP contribution is -2.18. The molecule has 162 valence electrons. The average molecular weight is 453 g/mol. The molecule has 0 saturated carbocycles. The average Bonchev–Trinajstić information content (AvgIpc) is 3.27. The Kier molecular flexibility index (Phi) is 8.79. The highest BCUT2D eigenvalue weighted by molar-refractivity contribution is 8.23. The highest BCUT2D eigenvalue weighted by Crippen LogP contribution is 2.28. The standard InChI is InChI=1S/C24H28N4OS2/c1-3-17-7-9-19(10-8-17)27-28-20-11-12-23(29)18(15-20)16-25-13-14-26-22-6-4-5-21(22)24(30)31-2/h7-12,15-16,26,29H,3-6,13-14H2,1-2H3. The van der Waals surface area contributed by atoms with Crippen LogP contribution < -0.4 is 5.32 Å². The maximum Gasteiger partial charge on any atom is 0.124 e. The molecule has 0 atom stereocenters. The molecule has 0 aromatic heterocycles.